The summed E-state index contributed by atoms with van der Waals surface area (Å²) in [6.07, 6.45) is 7.38. The van der Waals surface area contributed by atoms with E-state index in [2.05, 4.69) is 155 Å². The Labute approximate surface area is 327 Å². The summed E-state index contributed by atoms with van der Waals surface area (Å²) in [6.45, 7) is 4.56. The fourth-order valence-electron chi connectivity index (χ4n) is 7.81. The Hall–Kier alpha value is -7.30. The van der Waals surface area contributed by atoms with Crippen LogP contribution in [0.3, 0.4) is 0 Å². The van der Waals surface area contributed by atoms with Gasteiger partial charge in [0.25, 0.3) is 0 Å². The third kappa shape index (κ3) is 6.69. The summed E-state index contributed by atoms with van der Waals surface area (Å²) in [5.74, 6) is 0. The first-order valence-electron chi connectivity index (χ1n) is 18.9. The van der Waals surface area contributed by atoms with Crippen LogP contribution >= 0.6 is 0 Å². The standard InChI is InChI=1S/C52H38N4/c1-35-49(41-23-15-37(16-24-41)45-11-3-7-31-53-45)51(43-27-19-39(20-28-43)47-13-5-9-33-55-47)36(2)52(44-29-21-40(22-30-44)48-14-6-10-34-56-48)50(35)42-25-17-38(18-26-42)46-12-4-8-32-54-46/h3-34H,1-2H3. The molecule has 56 heavy (non-hydrogen) atoms. The summed E-state index contributed by atoms with van der Waals surface area (Å²) in [6, 6.07) is 59.6. The molecule has 0 N–H and O–H groups in total. The lowest BCUT2D eigenvalue weighted by molar-refractivity contribution is 1.32. The average Bonchev–Trinajstić information content (AvgIpc) is 3.28. The van der Waals surface area contributed by atoms with Crippen molar-refractivity contribution in [2.45, 2.75) is 13.8 Å². The third-order valence-corrected chi connectivity index (χ3v) is 10.5. The normalized spacial score (nSPS) is 11.0. The highest BCUT2D eigenvalue weighted by molar-refractivity contribution is 6.01. The highest BCUT2D eigenvalue weighted by Gasteiger charge is 2.24. The molecule has 4 nitrogen and oxygen atoms in total. The predicted octanol–water partition coefficient (Wildman–Crippen LogP) is 13.2. The summed E-state index contributed by atoms with van der Waals surface area (Å²) in [4.78, 5) is 18.5. The highest BCUT2D eigenvalue weighted by Crippen LogP contribution is 2.49. The van der Waals surface area contributed by atoms with Gasteiger partial charge in [0.05, 0.1) is 22.8 Å². The van der Waals surface area contributed by atoms with Crippen molar-refractivity contribution in [1.82, 2.24) is 19.9 Å². The molecule has 0 saturated carbocycles. The van der Waals surface area contributed by atoms with Crippen LogP contribution in [0.4, 0.5) is 0 Å². The third-order valence-electron chi connectivity index (χ3n) is 10.5. The fourth-order valence-corrected chi connectivity index (χ4v) is 7.81. The van der Waals surface area contributed by atoms with E-state index in [1.54, 1.807) is 0 Å². The van der Waals surface area contributed by atoms with E-state index in [-0.39, 0.29) is 0 Å². The number of aromatic nitrogens is 4. The maximum absolute atomic E-state index is 4.62. The van der Waals surface area contributed by atoms with Crippen molar-refractivity contribution in [2.24, 2.45) is 0 Å². The number of hydrogen-bond donors (Lipinski definition) is 0. The molecule has 0 saturated heterocycles. The molecule has 0 spiro atoms. The summed E-state index contributed by atoms with van der Waals surface area (Å²) in [7, 11) is 0. The van der Waals surface area contributed by atoms with Gasteiger partial charge in [-0.25, -0.2) is 0 Å². The molecule has 4 heteroatoms. The van der Waals surface area contributed by atoms with Gasteiger partial charge in [-0.1, -0.05) is 121 Å². The molecular weight excluding hydrogens is 681 g/mol. The van der Waals surface area contributed by atoms with Gasteiger partial charge in [0, 0.05) is 47.0 Å². The van der Waals surface area contributed by atoms with Crippen LogP contribution in [0.1, 0.15) is 11.1 Å². The first kappa shape index (κ1) is 34.5. The van der Waals surface area contributed by atoms with Crippen molar-refractivity contribution in [3.8, 4) is 89.5 Å². The minimum Gasteiger partial charge on any atom is -0.256 e. The van der Waals surface area contributed by atoms with Gasteiger partial charge in [0.1, 0.15) is 0 Å². The minimum atomic E-state index is 0.954. The van der Waals surface area contributed by atoms with Gasteiger partial charge in [0.2, 0.25) is 0 Å². The second kappa shape index (κ2) is 15.2. The Morgan fingerprint density at radius 3 is 0.607 bits per heavy atom. The second-order valence-electron chi connectivity index (χ2n) is 13.9. The predicted molar refractivity (Wildman–Crippen MR) is 231 cm³/mol. The number of nitrogens with zero attached hydrogens (tertiary/aromatic N) is 4. The molecule has 0 aliphatic rings. The molecule has 5 aromatic carbocycles. The van der Waals surface area contributed by atoms with Gasteiger partial charge < -0.3 is 0 Å². The van der Waals surface area contributed by atoms with Crippen LogP contribution in [0.5, 0.6) is 0 Å². The first-order chi connectivity index (χ1) is 27.6. The lowest BCUT2D eigenvalue weighted by Gasteiger charge is -2.26. The molecule has 4 heterocycles. The molecule has 9 aromatic rings. The molecule has 0 aliphatic carbocycles. The van der Waals surface area contributed by atoms with Crippen molar-refractivity contribution in [2.75, 3.05) is 0 Å². The zero-order valence-corrected chi connectivity index (χ0v) is 31.3. The molecule has 0 atom stereocenters. The molecule has 0 bridgehead atoms. The Kier molecular flexibility index (Phi) is 9.36. The summed E-state index contributed by atoms with van der Waals surface area (Å²) >= 11 is 0. The average molecular weight is 719 g/mol. The van der Waals surface area contributed by atoms with E-state index >= 15 is 0 Å². The first-order valence-corrected chi connectivity index (χ1v) is 18.9. The summed E-state index contributed by atoms with van der Waals surface area (Å²) in [5, 5.41) is 0. The Balaban J connectivity index is 1.28. The van der Waals surface area contributed by atoms with Crippen LogP contribution in [-0.4, -0.2) is 19.9 Å². The molecule has 266 valence electrons. The van der Waals surface area contributed by atoms with E-state index in [1.807, 2.05) is 73.3 Å². The van der Waals surface area contributed by atoms with Crippen LogP contribution < -0.4 is 0 Å². The summed E-state index contributed by atoms with van der Waals surface area (Å²) in [5.41, 5.74) is 20.0. The Bertz CT molecular complexity index is 2340. The van der Waals surface area contributed by atoms with Crippen LogP contribution in [0, 0.1) is 13.8 Å². The number of pyridine rings is 4. The number of hydrogen-bond acceptors (Lipinski definition) is 4. The largest absolute Gasteiger partial charge is 0.256 e. The smallest absolute Gasteiger partial charge is 0.0701 e. The topological polar surface area (TPSA) is 51.6 Å². The van der Waals surface area contributed by atoms with Crippen LogP contribution in [0.2, 0.25) is 0 Å². The minimum absolute atomic E-state index is 0.954. The molecule has 0 fully saturated rings. The van der Waals surface area contributed by atoms with E-state index in [9.17, 15) is 0 Å². The maximum atomic E-state index is 4.62. The molecule has 0 amide bonds. The van der Waals surface area contributed by atoms with Gasteiger partial charge in [-0.15, -0.1) is 0 Å². The highest BCUT2D eigenvalue weighted by atomic mass is 14.7. The van der Waals surface area contributed by atoms with Crippen LogP contribution in [0.15, 0.2) is 195 Å². The Morgan fingerprint density at radius 2 is 0.429 bits per heavy atom. The molecule has 9 rings (SSSR count). The zero-order valence-electron chi connectivity index (χ0n) is 31.3. The number of benzene rings is 5. The monoisotopic (exact) mass is 718 g/mol. The SMILES string of the molecule is Cc1c(-c2ccc(-c3ccccn3)cc2)c(-c2ccc(-c3ccccn3)cc2)c(C)c(-c2ccc(-c3ccccn3)cc2)c1-c1ccc(-c2ccccn2)cc1. The lowest BCUT2D eigenvalue weighted by atomic mass is 9.78. The van der Waals surface area contributed by atoms with Crippen LogP contribution in [0.25, 0.3) is 89.5 Å². The van der Waals surface area contributed by atoms with Crippen molar-refractivity contribution >= 4 is 0 Å². The molecule has 0 radical (unpaired) electrons. The fraction of sp³-hybridized carbons (Fsp3) is 0.0385. The van der Waals surface area contributed by atoms with E-state index in [0.717, 1.165) is 67.3 Å². The maximum Gasteiger partial charge on any atom is 0.0701 e. The van der Waals surface area contributed by atoms with E-state index < -0.39 is 0 Å². The lowest BCUT2D eigenvalue weighted by Crippen LogP contribution is -2.01. The van der Waals surface area contributed by atoms with Gasteiger partial charge in [0.15, 0.2) is 0 Å². The van der Waals surface area contributed by atoms with Crippen molar-refractivity contribution in [3.05, 3.63) is 206 Å². The van der Waals surface area contributed by atoms with Crippen molar-refractivity contribution in [3.63, 3.8) is 0 Å². The molecular formula is C52H38N4. The Morgan fingerprint density at radius 1 is 0.232 bits per heavy atom. The van der Waals surface area contributed by atoms with Crippen molar-refractivity contribution in [1.29, 1.82) is 0 Å². The van der Waals surface area contributed by atoms with Gasteiger partial charge >= 0.3 is 0 Å². The quantitative estimate of drug-likeness (QED) is 0.157. The summed E-state index contributed by atoms with van der Waals surface area (Å²) < 4.78 is 0. The van der Waals surface area contributed by atoms with Gasteiger partial charge in [-0.3, -0.25) is 19.9 Å². The van der Waals surface area contributed by atoms with Gasteiger partial charge in [-0.2, -0.15) is 0 Å². The van der Waals surface area contributed by atoms with E-state index in [0.29, 0.717) is 0 Å². The van der Waals surface area contributed by atoms with E-state index in [1.165, 1.54) is 33.4 Å². The molecule has 0 unspecified atom stereocenters. The molecule has 0 aliphatic heterocycles. The number of rotatable bonds is 8. The second-order valence-corrected chi connectivity index (χ2v) is 13.9. The molecule has 4 aromatic heterocycles. The van der Waals surface area contributed by atoms with Crippen molar-refractivity contribution < 1.29 is 0 Å². The van der Waals surface area contributed by atoms with Crippen LogP contribution in [-0.2, 0) is 0 Å². The van der Waals surface area contributed by atoms with E-state index in [4.69, 9.17) is 0 Å². The van der Waals surface area contributed by atoms with Gasteiger partial charge in [-0.05, 0) is 118 Å². The zero-order chi connectivity index (χ0) is 37.8.